The summed E-state index contributed by atoms with van der Waals surface area (Å²) in [5.41, 5.74) is 0. The first-order chi connectivity index (χ1) is 6.11. The maximum Gasteiger partial charge on any atom is 0.186 e. The van der Waals surface area contributed by atoms with Crippen molar-refractivity contribution in [3.8, 4) is 0 Å². The Morgan fingerprint density at radius 3 is 2.38 bits per heavy atom. The van der Waals surface area contributed by atoms with Crippen LogP contribution in [0.25, 0.3) is 0 Å². The number of ether oxygens (including phenoxy) is 2. The van der Waals surface area contributed by atoms with Crippen molar-refractivity contribution in [2.75, 3.05) is 13.7 Å². The monoisotopic (exact) mass is 194 g/mol. The first-order valence-electron chi connectivity index (χ1n) is 3.95. The van der Waals surface area contributed by atoms with E-state index in [1.807, 2.05) is 0 Å². The molecule has 1 fully saturated rings. The lowest BCUT2D eigenvalue weighted by Crippen LogP contribution is -2.40. The molecule has 0 spiro atoms. The Kier molecular flexibility index (Phi) is 3.60. The lowest BCUT2D eigenvalue weighted by Gasteiger charge is -2.18. The zero-order valence-corrected chi connectivity index (χ0v) is 7.20. The highest BCUT2D eigenvalue weighted by Crippen LogP contribution is 2.23. The summed E-state index contributed by atoms with van der Waals surface area (Å²) in [6.45, 7) is -0.537. The molecule has 5 unspecified atom stereocenters. The first kappa shape index (κ1) is 10.8. The van der Waals surface area contributed by atoms with Gasteiger partial charge in [-0.1, -0.05) is 0 Å². The van der Waals surface area contributed by atoms with Crippen molar-refractivity contribution < 1.29 is 29.9 Å². The smallest absolute Gasteiger partial charge is 0.186 e. The normalized spacial score (nSPS) is 42.2. The van der Waals surface area contributed by atoms with Gasteiger partial charge in [-0.3, -0.25) is 0 Å². The fourth-order valence-corrected chi connectivity index (χ4v) is 1.29. The molecule has 0 bridgehead atoms. The molecule has 0 amide bonds. The molecule has 1 saturated heterocycles. The van der Waals surface area contributed by atoms with E-state index in [-0.39, 0.29) is 0 Å². The summed E-state index contributed by atoms with van der Waals surface area (Å²) < 4.78 is 9.65. The largest absolute Gasteiger partial charge is 0.394 e. The Morgan fingerprint density at radius 1 is 1.38 bits per heavy atom. The molecule has 1 heterocycles. The SMILES string of the molecule is COC1OC(C(O)CO)C(O)C1O. The Hall–Kier alpha value is -0.240. The van der Waals surface area contributed by atoms with Gasteiger partial charge in [-0.15, -0.1) is 0 Å². The Morgan fingerprint density at radius 2 is 2.00 bits per heavy atom. The van der Waals surface area contributed by atoms with Crippen LogP contribution in [0, 0.1) is 0 Å². The molecule has 6 heteroatoms. The van der Waals surface area contributed by atoms with Crippen LogP contribution in [0.3, 0.4) is 0 Å². The summed E-state index contributed by atoms with van der Waals surface area (Å²) in [4.78, 5) is 0. The lowest BCUT2D eigenvalue weighted by atomic mass is 10.1. The third kappa shape index (κ3) is 1.98. The van der Waals surface area contributed by atoms with Crippen LogP contribution in [-0.2, 0) is 9.47 Å². The minimum Gasteiger partial charge on any atom is -0.394 e. The molecule has 6 nitrogen and oxygen atoms in total. The molecule has 5 atom stereocenters. The minimum absolute atomic E-state index is 0.537. The Balaban J connectivity index is 2.60. The molecule has 0 aromatic rings. The van der Waals surface area contributed by atoms with Crippen molar-refractivity contribution in [1.82, 2.24) is 0 Å². The van der Waals surface area contributed by atoms with Crippen LogP contribution in [0.15, 0.2) is 0 Å². The third-order valence-corrected chi connectivity index (χ3v) is 2.06. The molecule has 0 aliphatic carbocycles. The summed E-state index contributed by atoms with van der Waals surface area (Å²) in [6, 6.07) is 0. The molecular formula is C7H14O6. The van der Waals surface area contributed by atoms with Crippen LogP contribution in [0.5, 0.6) is 0 Å². The summed E-state index contributed by atoms with van der Waals surface area (Å²) in [5, 5.41) is 36.4. The molecular weight excluding hydrogens is 180 g/mol. The van der Waals surface area contributed by atoms with E-state index in [0.717, 1.165) is 0 Å². The van der Waals surface area contributed by atoms with Crippen molar-refractivity contribution in [1.29, 1.82) is 0 Å². The lowest BCUT2D eigenvalue weighted by molar-refractivity contribution is -0.166. The highest BCUT2D eigenvalue weighted by molar-refractivity contribution is 4.90. The van der Waals surface area contributed by atoms with Gasteiger partial charge < -0.3 is 29.9 Å². The quantitative estimate of drug-likeness (QED) is 0.394. The predicted octanol–water partition coefficient (Wildman–Crippen LogP) is -2.57. The van der Waals surface area contributed by atoms with Crippen molar-refractivity contribution in [2.45, 2.75) is 30.7 Å². The Labute approximate surface area is 75.3 Å². The van der Waals surface area contributed by atoms with Crippen molar-refractivity contribution in [3.05, 3.63) is 0 Å². The van der Waals surface area contributed by atoms with Gasteiger partial charge in [-0.25, -0.2) is 0 Å². The molecule has 78 valence electrons. The fourth-order valence-electron chi connectivity index (χ4n) is 1.29. The second-order valence-corrected chi connectivity index (χ2v) is 2.94. The average Bonchev–Trinajstić information content (AvgIpc) is 2.43. The van der Waals surface area contributed by atoms with E-state index in [1.54, 1.807) is 0 Å². The summed E-state index contributed by atoms with van der Waals surface area (Å²) in [6.07, 6.45) is -5.63. The molecule has 1 rings (SSSR count). The van der Waals surface area contributed by atoms with Gasteiger partial charge in [0.15, 0.2) is 6.29 Å². The van der Waals surface area contributed by atoms with Crippen LogP contribution in [0.1, 0.15) is 0 Å². The van der Waals surface area contributed by atoms with Crippen molar-refractivity contribution in [3.63, 3.8) is 0 Å². The van der Waals surface area contributed by atoms with E-state index in [1.165, 1.54) is 7.11 Å². The molecule has 0 saturated carbocycles. The zero-order valence-electron chi connectivity index (χ0n) is 7.20. The van der Waals surface area contributed by atoms with Gasteiger partial charge in [-0.2, -0.15) is 0 Å². The number of hydrogen-bond donors (Lipinski definition) is 4. The number of aliphatic hydroxyl groups is 4. The number of methoxy groups -OCH3 is 1. The van der Waals surface area contributed by atoms with Gasteiger partial charge in [0.1, 0.15) is 24.4 Å². The molecule has 4 N–H and O–H groups in total. The van der Waals surface area contributed by atoms with E-state index in [2.05, 4.69) is 0 Å². The van der Waals surface area contributed by atoms with E-state index < -0.39 is 37.3 Å². The first-order valence-corrected chi connectivity index (χ1v) is 3.95. The highest BCUT2D eigenvalue weighted by atomic mass is 16.7. The second-order valence-electron chi connectivity index (χ2n) is 2.94. The second kappa shape index (κ2) is 4.32. The average molecular weight is 194 g/mol. The highest BCUT2D eigenvalue weighted by Gasteiger charge is 2.45. The van der Waals surface area contributed by atoms with E-state index in [0.29, 0.717) is 0 Å². The van der Waals surface area contributed by atoms with Crippen molar-refractivity contribution in [2.24, 2.45) is 0 Å². The number of aliphatic hydroxyl groups excluding tert-OH is 4. The van der Waals surface area contributed by atoms with Gasteiger partial charge in [-0.05, 0) is 0 Å². The Bertz CT molecular complexity index is 163. The molecule has 1 aliphatic heterocycles. The topological polar surface area (TPSA) is 99.4 Å². The maximum atomic E-state index is 9.33. The van der Waals surface area contributed by atoms with Crippen LogP contribution < -0.4 is 0 Å². The van der Waals surface area contributed by atoms with Gasteiger partial charge >= 0.3 is 0 Å². The maximum absolute atomic E-state index is 9.33. The standard InChI is InChI=1S/C7H14O6/c1-12-7-5(11)4(10)6(13-7)3(9)2-8/h3-11H,2H2,1H3. The van der Waals surface area contributed by atoms with E-state index in [4.69, 9.17) is 19.7 Å². The molecule has 0 aromatic heterocycles. The summed E-state index contributed by atoms with van der Waals surface area (Å²) in [5.74, 6) is 0. The summed E-state index contributed by atoms with van der Waals surface area (Å²) >= 11 is 0. The van der Waals surface area contributed by atoms with Crippen molar-refractivity contribution >= 4 is 0 Å². The fraction of sp³-hybridized carbons (Fsp3) is 1.00. The van der Waals surface area contributed by atoms with Gasteiger partial charge in [0.2, 0.25) is 0 Å². The zero-order chi connectivity index (χ0) is 10.0. The summed E-state index contributed by atoms with van der Waals surface area (Å²) in [7, 11) is 1.31. The van der Waals surface area contributed by atoms with Gasteiger partial charge in [0.05, 0.1) is 6.61 Å². The molecule has 13 heavy (non-hydrogen) atoms. The van der Waals surface area contributed by atoms with Crippen LogP contribution in [0.2, 0.25) is 0 Å². The van der Waals surface area contributed by atoms with Gasteiger partial charge in [0, 0.05) is 7.11 Å². The van der Waals surface area contributed by atoms with Crippen LogP contribution >= 0.6 is 0 Å². The number of rotatable bonds is 3. The number of hydrogen-bond acceptors (Lipinski definition) is 6. The molecule has 0 aromatic carbocycles. The molecule has 0 radical (unpaired) electrons. The molecule has 1 aliphatic rings. The minimum atomic E-state index is -1.24. The van der Waals surface area contributed by atoms with E-state index in [9.17, 15) is 10.2 Å². The third-order valence-electron chi connectivity index (χ3n) is 2.06. The van der Waals surface area contributed by atoms with Gasteiger partial charge in [0.25, 0.3) is 0 Å². The van der Waals surface area contributed by atoms with Crippen LogP contribution in [0.4, 0.5) is 0 Å². The van der Waals surface area contributed by atoms with Crippen LogP contribution in [-0.4, -0.2) is 64.8 Å². The predicted molar refractivity (Wildman–Crippen MR) is 40.8 cm³/mol. The van der Waals surface area contributed by atoms with E-state index >= 15 is 0 Å².